The molecule has 1 amide bonds. The summed E-state index contributed by atoms with van der Waals surface area (Å²) in [6, 6.07) is 6.42. The molecule has 1 saturated carbocycles. The quantitative estimate of drug-likeness (QED) is 0.501. The van der Waals surface area contributed by atoms with Gasteiger partial charge in [-0.05, 0) is 75.0 Å². The molecule has 148 valence electrons. The third kappa shape index (κ3) is 3.39. The summed E-state index contributed by atoms with van der Waals surface area (Å²) in [5.41, 5.74) is -0.888. The molecule has 2 aromatic carbocycles. The number of nitrogens with zero attached hydrogens (tertiary/aromatic N) is 1. The average Bonchev–Trinajstić information content (AvgIpc) is 3.37. The fraction of sp³-hybridized carbons (Fsp3) is 0.316. The molecule has 2 aliphatic rings. The Morgan fingerprint density at radius 3 is 2.36 bits per heavy atom. The molecular weight excluding hydrogens is 507 g/mol. The summed E-state index contributed by atoms with van der Waals surface area (Å²) >= 11 is 6.71. The number of methoxy groups -OCH3 is 1. The summed E-state index contributed by atoms with van der Waals surface area (Å²) in [5.74, 6) is 0.410. The van der Waals surface area contributed by atoms with Crippen LogP contribution in [0.4, 0.5) is 18.9 Å². The summed E-state index contributed by atoms with van der Waals surface area (Å²) in [4.78, 5) is 14.6. The molecule has 0 atom stereocenters. The van der Waals surface area contributed by atoms with Crippen molar-refractivity contribution >= 4 is 43.5 Å². The van der Waals surface area contributed by atoms with Crippen LogP contribution in [0.1, 0.15) is 28.8 Å². The molecule has 1 aliphatic carbocycles. The standard InChI is InChI=1S/C19H14Br2F3NO3/c1-27-16-12(20)6-10(7-13(16)21)17(26)25-9-18(4-5-18)28-15-3-2-11(8-14(15)25)19(22,23)24/h2-3,6-8H,4-5,9H2,1H3. The summed E-state index contributed by atoms with van der Waals surface area (Å²) < 4.78 is 51.8. The number of hydrogen-bond acceptors (Lipinski definition) is 3. The Balaban J connectivity index is 1.78. The third-order valence-corrected chi connectivity index (χ3v) is 6.03. The molecule has 1 aliphatic heterocycles. The van der Waals surface area contributed by atoms with E-state index in [-0.39, 0.29) is 18.0 Å². The number of benzene rings is 2. The number of ether oxygens (including phenoxy) is 2. The second kappa shape index (κ2) is 6.66. The number of hydrogen-bond donors (Lipinski definition) is 0. The highest BCUT2D eigenvalue weighted by Gasteiger charge is 2.51. The van der Waals surface area contributed by atoms with E-state index >= 15 is 0 Å². The van der Waals surface area contributed by atoms with Crippen molar-refractivity contribution in [3.05, 3.63) is 50.4 Å². The molecule has 1 fully saturated rings. The number of halogens is 5. The molecule has 0 aromatic heterocycles. The predicted molar refractivity (Wildman–Crippen MR) is 104 cm³/mol. The van der Waals surface area contributed by atoms with Crippen LogP contribution in [-0.2, 0) is 6.18 Å². The largest absolute Gasteiger partial charge is 0.494 e. The van der Waals surface area contributed by atoms with E-state index in [0.717, 1.165) is 25.0 Å². The van der Waals surface area contributed by atoms with Crippen LogP contribution in [0, 0.1) is 0 Å². The Labute approximate surface area is 175 Å². The second-order valence-corrected chi connectivity index (χ2v) is 8.54. The van der Waals surface area contributed by atoms with Crippen LogP contribution in [0.25, 0.3) is 0 Å². The molecule has 0 N–H and O–H groups in total. The minimum atomic E-state index is -4.51. The molecule has 1 spiro atoms. The maximum Gasteiger partial charge on any atom is 0.416 e. The predicted octanol–water partition coefficient (Wildman–Crippen LogP) is 5.81. The van der Waals surface area contributed by atoms with E-state index in [1.807, 2.05) is 0 Å². The van der Waals surface area contributed by atoms with Crippen molar-refractivity contribution in [2.45, 2.75) is 24.6 Å². The second-order valence-electron chi connectivity index (χ2n) is 6.83. The molecule has 9 heteroatoms. The van der Waals surface area contributed by atoms with Crippen LogP contribution < -0.4 is 14.4 Å². The van der Waals surface area contributed by atoms with Crippen molar-refractivity contribution in [1.29, 1.82) is 0 Å². The zero-order valence-electron chi connectivity index (χ0n) is 14.6. The van der Waals surface area contributed by atoms with Crippen LogP contribution >= 0.6 is 31.9 Å². The molecule has 28 heavy (non-hydrogen) atoms. The van der Waals surface area contributed by atoms with Crippen LogP contribution in [-0.4, -0.2) is 25.2 Å². The normalized spacial score (nSPS) is 17.1. The van der Waals surface area contributed by atoms with Gasteiger partial charge in [0.25, 0.3) is 5.91 Å². The lowest BCUT2D eigenvalue weighted by molar-refractivity contribution is -0.137. The Bertz CT molecular complexity index is 950. The van der Waals surface area contributed by atoms with Gasteiger partial charge in [0, 0.05) is 5.56 Å². The molecule has 0 saturated heterocycles. The summed E-state index contributed by atoms with van der Waals surface area (Å²) in [6.07, 6.45) is -2.99. The smallest absolute Gasteiger partial charge is 0.416 e. The number of carbonyl (C=O) groups excluding carboxylic acids is 1. The number of rotatable bonds is 2. The summed E-state index contributed by atoms with van der Waals surface area (Å²) in [5, 5.41) is 0. The van der Waals surface area contributed by atoms with Crippen molar-refractivity contribution in [2.75, 3.05) is 18.6 Å². The van der Waals surface area contributed by atoms with Gasteiger partial charge in [0.2, 0.25) is 0 Å². The van der Waals surface area contributed by atoms with E-state index < -0.39 is 23.2 Å². The van der Waals surface area contributed by atoms with Crippen LogP contribution in [0.2, 0.25) is 0 Å². The van der Waals surface area contributed by atoms with Gasteiger partial charge in [-0.15, -0.1) is 0 Å². The molecule has 0 bridgehead atoms. The maximum absolute atomic E-state index is 13.2. The van der Waals surface area contributed by atoms with Gasteiger partial charge in [0.1, 0.15) is 17.1 Å². The molecule has 4 rings (SSSR count). The Morgan fingerprint density at radius 2 is 1.82 bits per heavy atom. The summed E-state index contributed by atoms with van der Waals surface area (Å²) in [7, 11) is 1.50. The first-order valence-electron chi connectivity index (χ1n) is 8.39. The molecule has 1 heterocycles. The molecular formula is C19H14Br2F3NO3. The van der Waals surface area contributed by atoms with Gasteiger partial charge in [-0.1, -0.05) is 0 Å². The fourth-order valence-corrected chi connectivity index (χ4v) is 4.76. The topological polar surface area (TPSA) is 38.8 Å². The first kappa shape index (κ1) is 19.6. The molecule has 0 radical (unpaired) electrons. The fourth-order valence-electron chi connectivity index (χ4n) is 3.24. The van der Waals surface area contributed by atoms with Crippen LogP contribution in [0.5, 0.6) is 11.5 Å². The minimum Gasteiger partial charge on any atom is -0.494 e. The third-order valence-electron chi connectivity index (χ3n) is 4.85. The van der Waals surface area contributed by atoms with Gasteiger partial charge in [0.15, 0.2) is 0 Å². The van der Waals surface area contributed by atoms with Gasteiger partial charge < -0.3 is 14.4 Å². The van der Waals surface area contributed by atoms with E-state index in [1.54, 1.807) is 12.1 Å². The van der Waals surface area contributed by atoms with Gasteiger partial charge in [-0.2, -0.15) is 13.2 Å². The van der Waals surface area contributed by atoms with E-state index in [0.29, 0.717) is 20.3 Å². The van der Waals surface area contributed by atoms with Crippen molar-refractivity contribution < 1.29 is 27.4 Å². The molecule has 4 nitrogen and oxygen atoms in total. The van der Waals surface area contributed by atoms with Gasteiger partial charge in [0.05, 0.1) is 33.9 Å². The highest BCUT2D eigenvalue weighted by molar-refractivity contribution is 9.11. The lowest BCUT2D eigenvalue weighted by Gasteiger charge is -2.36. The summed E-state index contributed by atoms with van der Waals surface area (Å²) in [6.45, 7) is 0.210. The van der Waals surface area contributed by atoms with E-state index in [4.69, 9.17) is 9.47 Å². The highest BCUT2D eigenvalue weighted by atomic mass is 79.9. The number of carbonyl (C=O) groups is 1. The molecule has 2 aromatic rings. The zero-order chi connectivity index (χ0) is 20.3. The SMILES string of the molecule is COc1c(Br)cc(C(=O)N2CC3(CC3)Oc3ccc(C(F)(F)F)cc32)cc1Br. The van der Waals surface area contributed by atoms with Gasteiger partial charge >= 0.3 is 6.18 Å². The average molecular weight is 521 g/mol. The Hall–Kier alpha value is -1.74. The first-order chi connectivity index (χ1) is 13.1. The van der Waals surface area contributed by atoms with Crippen molar-refractivity contribution in [3.63, 3.8) is 0 Å². The monoisotopic (exact) mass is 519 g/mol. The molecule has 0 unspecified atom stereocenters. The Morgan fingerprint density at radius 1 is 1.18 bits per heavy atom. The van der Waals surface area contributed by atoms with Gasteiger partial charge in [-0.3, -0.25) is 4.79 Å². The van der Waals surface area contributed by atoms with Crippen molar-refractivity contribution in [2.24, 2.45) is 0 Å². The lowest BCUT2D eigenvalue weighted by atomic mass is 10.1. The lowest BCUT2D eigenvalue weighted by Crippen LogP contribution is -2.45. The Kier molecular flexibility index (Phi) is 4.65. The van der Waals surface area contributed by atoms with E-state index in [2.05, 4.69) is 31.9 Å². The van der Waals surface area contributed by atoms with E-state index in [9.17, 15) is 18.0 Å². The number of fused-ring (bicyclic) bond motifs is 1. The number of alkyl halides is 3. The zero-order valence-corrected chi connectivity index (χ0v) is 17.7. The minimum absolute atomic E-state index is 0.125. The van der Waals surface area contributed by atoms with Gasteiger partial charge in [-0.25, -0.2) is 0 Å². The maximum atomic E-state index is 13.2. The van der Waals surface area contributed by atoms with Crippen LogP contribution in [0.15, 0.2) is 39.3 Å². The van der Waals surface area contributed by atoms with Crippen molar-refractivity contribution in [1.82, 2.24) is 0 Å². The number of amides is 1. The highest BCUT2D eigenvalue weighted by Crippen LogP contribution is 2.50. The van der Waals surface area contributed by atoms with Crippen LogP contribution in [0.3, 0.4) is 0 Å². The van der Waals surface area contributed by atoms with Crippen molar-refractivity contribution in [3.8, 4) is 11.5 Å². The number of anilines is 1. The first-order valence-corrected chi connectivity index (χ1v) is 9.97. The van der Waals surface area contributed by atoms with E-state index in [1.165, 1.54) is 18.1 Å².